The molecular weight excluding hydrogens is 406 g/mol. The Bertz CT molecular complexity index is 979. The first kappa shape index (κ1) is 19.6. The molecule has 2 N–H and O–H groups in total. The van der Waals surface area contributed by atoms with E-state index in [-0.39, 0.29) is 24.3 Å². The van der Waals surface area contributed by atoms with Crippen molar-refractivity contribution in [3.63, 3.8) is 0 Å². The van der Waals surface area contributed by atoms with E-state index in [2.05, 4.69) is 15.6 Å². The summed E-state index contributed by atoms with van der Waals surface area (Å²) in [6.45, 7) is 0. The maximum atomic E-state index is 12.4. The quantitative estimate of drug-likeness (QED) is 0.558. The average Bonchev–Trinajstić information content (AvgIpc) is 3.45. The predicted molar refractivity (Wildman–Crippen MR) is 116 cm³/mol. The fourth-order valence-electron chi connectivity index (χ4n) is 3.23. The number of hydrogen-bond acceptors (Lipinski definition) is 6. The van der Waals surface area contributed by atoms with Crippen LogP contribution in [0.15, 0.2) is 47.2 Å². The van der Waals surface area contributed by atoms with E-state index >= 15 is 0 Å². The van der Waals surface area contributed by atoms with Crippen molar-refractivity contribution in [1.82, 2.24) is 4.98 Å². The van der Waals surface area contributed by atoms with Crippen LogP contribution in [0.3, 0.4) is 0 Å². The highest BCUT2D eigenvalue weighted by Crippen LogP contribution is 2.26. The van der Waals surface area contributed by atoms with Gasteiger partial charge in [-0.1, -0.05) is 12.1 Å². The number of carbonyl (C=O) groups is 2. The van der Waals surface area contributed by atoms with Crippen LogP contribution in [0.1, 0.15) is 41.0 Å². The van der Waals surface area contributed by atoms with Gasteiger partial charge in [0, 0.05) is 17.1 Å². The lowest BCUT2D eigenvalue weighted by Crippen LogP contribution is -2.15. The van der Waals surface area contributed by atoms with Gasteiger partial charge in [0.25, 0.3) is 5.91 Å². The molecular formula is C21H21N3O3S2. The summed E-state index contributed by atoms with van der Waals surface area (Å²) in [5, 5.41) is 9.76. The summed E-state index contributed by atoms with van der Waals surface area (Å²) in [6, 6.07) is 11.1. The molecule has 0 saturated heterocycles. The number of rotatable bonds is 7. The van der Waals surface area contributed by atoms with Gasteiger partial charge < -0.3 is 10.1 Å². The second kappa shape index (κ2) is 9.19. The molecule has 8 heteroatoms. The summed E-state index contributed by atoms with van der Waals surface area (Å²) < 4.78 is 5.99. The number of anilines is 2. The van der Waals surface area contributed by atoms with Crippen LogP contribution in [0.5, 0.6) is 5.75 Å². The number of aromatic nitrogens is 1. The molecule has 1 aliphatic rings. The number of ether oxygens (including phenoxy) is 1. The summed E-state index contributed by atoms with van der Waals surface area (Å²) in [7, 11) is 0. The number of carbonyl (C=O) groups excluding carboxylic acids is 2. The molecule has 0 unspecified atom stereocenters. The molecule has 0 spiro atoms. The molecule has 1 fully saturated rings. The van der Waals surface area contributed by atoms with E-state index in [4.69, 9.17) is 4.74 Å². The molecule has 2 aromatic heterocycles. The van der Waals surface area contributed by atoms with Crippen LogP contribution in [-0.2, 0) is 11.2 Å². The van der Waals surface area contributed by atoms with E-state index in [1.54, 1.807) is 11.4 Å². The number of hydrogen-bond donors (Lipinski definition) is 2. The van der Waals surface area contributed by atoms with Gasteiger partial charge in [-0.3, -0.25) is 14.9 Å². The lowest BCUT2D eigenvalue weighted by molar-refractivity contribution is -0.115. The Morgan fingerprint density at radius 3 is 2.76 bits per heavy atom. The van der Waals surface area contributed by atoms with Crippen LogP contribution in [0, 0.1) is 0 Å². The summed E-state index contributed by atoms with van der Waals surface area (Å²) in [5.41, 5.74) is 1.32. The molecule has 0 atom stereocenters. The third-order valence-electron chi connectivity index (χ3n) is 4.58. The van der Waals surface area contributed by atoms with Gasteiger partial charge >= 0.3 is 0 Å². The van der Waals surface area contributed by atoms with Gasteiger partial charge in [0.1, 0.15) is 5.75 Å². The molecule has 4 rings (SSSR count). The highest BCUT2D eigenvalue weighted by Gasteiger charge is 2.17. The van der Waals surface area contributed by atoms with Gasteiger partial charge in [0.15, 0.2) is 5.13 Å². The maximum absolute atomic E-state index is 12.4. The molecule has 6 nitrogen and oxygen atoms in total. The Morgan fingerprint density at radius 2 is 1.97 bits per heavy atom. The SMILES string of the molecule is O=C(Cc1csc(NC(=O)c2cccs2)n1)Nc1cccc(OC2CCCC2)c1. The fraction of sp³-hybridized carbons (Fsp3) is 0.286. The Labute approximate surface area is 176 Å². The molecule has 0 bridgehead atoms. The topological polar surface area (TPSA) is 80.3 Å². The van der Waals surface area contributed by atoms with Gasteiger partial charge in [0.05, 0.1) is 23.1 Å². The third-order valence-corrected chi connectivity index (χ3v) is 6.26. The van der Waals surface area contributed by atoms with E-state index in [0.29, 0.717) is 21.4 Å². The third kappa shape index (κ3) is 5.42. The molecule has 0 aliphatic heterocycles. The number of thiazole rings is 1. The zero-order valence-electron chi connectivity index (χ0n) is 15.7. The number of benzene rings is 1. The second-order valence-corrected chi connectivity index (χ2v) is 8.66. The van der Waals surface area contributed by atoms with E-state index in [9.17, 15) is 9.59 Å². The summed E-state index contributed by atoms with van der Waals surface area (Å²) >= 11 is 2.68. The number of amides is 2. The summed E-state index contributed by atoms with van der Waals surface area (Å²) in [5.74, 6) is 0.427. The Balaban J connectivity index is 1.30. The minimum absolute atomic E-state index is 0.138. The molecule has 1 aliphatic carbocycles. The molecule has 29 heavy (non-hydrogen) atoms. The monoisotopic (exact) mass is 427 g/mol. The van der Waals surface area contributed by atoms with E-state index < -0.39 is 0 Å². The first-order chi connectivity index (χ1) is 14.2. The van der Waals surface area contributed by atoms with Crippen molar-refractivity contribution in [3.05, 3.63) is 57.7 Å². The molecule has 3 aromatic rings. The van der Waals surface area contributed by atoms with Crippen LogP contribution in [0.2, 0.25) is 0 Å². The van der Waals surface area contributed by atoms with Crippen LogP contribution in [0.25, 0.3) is 0 Å². The number of thiophene rings is 1. The number of nitrogens with zero attached hydrogens (tertiary/aromatic N) is 1. The van der Waals surface area contributed by atoms with Crippen molar-refractivity contribution in [1.29, 1.82) is 0 Å². The summed E-state index contributed by atoms with van der Waals surface area (Å²) in [6.07, 6.45) is 5.02. The maximum Gasteiger partial charge on any atom is 0.267 e. The van der Waals surface area contributed by atoms with Crippen molar-refractivity contribution in [2.75, 3.05) is 10.6 Å². The lowest BCUT2D eigenvalue weighted by atomic mass is 10.2. The van der Waals surface area contributed by atoms with E-state index in [0.717, 1.165) is 18.6 Å². The Hall–Kier alpha value is -2.71. The molecule has 1 aromatic carbocycles. The van der Waals surface area contributed by atoms with Gasteiger partial charge in [0.2, 0.25) is 5.91 Å². The first-order valence-corrected chi connectivity index (χ1v) is 11.3. The normalized spacial score (nSPS) is 13.9. The zero-order chi connectivity index (χ0) is 20.1. The molecule has 2 amide bonds. The zero-order valence-corrected chi connectivity index (χ0v) is 17.4. The van der Waals surface area contributed by atoms with Crippen molar-refractivity contribution in [3.8, 4) is 5.75 Å². The second-order valence-electron chi connectivity index (χ2n) is 6.85. The van der Waals surface area contributed by atoms with Gasteiger partial charge in [-0.25, -0.2) is 4.98 Å². The van der Waals surface area contributed by atoms with Crippen LogP contribution in [0.4, 0.5) is 10.8 Å². The van der Waals surface area contributed by atoms with Crippen LogP contribution in [-0.4, -0.2) is 22.9 Å². The van der Waals surface area contributed by atoms with Crippen LogP contribution < -0.4 is 15.4 Å². The standard InChI is InChI=1S/C21H21N3O3S2/c25-19(22-14-5-3-8-17(11-14)27-16-6-1-2-7-16)12-15-13-29-21(23-15)24-20(26)18-9-4-10-28-18/h3-5,8-11,13,16H,1-2,6-7,12H2,(H,22,25)(H,23,24,26). The molecule has 0 radical (unpaired) electrons. The molecule has 150 valence electrons. The minimum atomic E-state index is -0.190. The first-order valence-electron chi connectivity index (χ1n) is 9.51. The van der Waals surface area contributed by atoms with E-state index in [1.807, 2.05) is 35.7 Å². The largest absolute Gasteiger partial charge is 0.490 e. The summed E-state index contributed by atoms with van der Waals surface area (Å²) in [4.78, 5) is 29.4. The van der Waals surface area contributed by atoms with Crippen molar-refractivity contribution < 1.29 is 14.3 Å². The van der Waals surface area contributed by atoms with Crippen molar-refractivity contribution in [2.45, 2.75) is 38.2 Å². The number of nitrogens with one attached hydrogen (secondary N) is 2. The smallest absolute Gasteiger partial charge is 0.267 e. The van der Waals surface area contributed by atoms with Crippen LogP contribution >= 0.6 is 22.7 Å². The predicted octanol–water partition coefficient (Wildman–Crippen LogP) is 4.96. The highest BCUT2D eigenvalue weighted by atomic mass is 32.1. The van der Waals surface area contributed by atoms with Crippen molar-refractivity contribution >= 4 is 45.3 Å². The minimum Gasteiger partial charge on any atom is -0.490 e. The average molecular weight is 428 g/mol. The Kier molecular flexibility index (Phi) is 6.21. The van der Waals surface area contributed by atoms with Gasteiger partial charge in [-0.15, -0.1) is 22.7 Å². The highest BCUT2D eigenvalue weighted by molar-refractivity contribution is 7.14. The lowest BCUT2D eigenvalue weighted by Gasteiger charge is -2.14. The van der Waals surface area contributed by atoms with E-state index in [1.165, 1.54) is 35.5 Å². The molecule has 1 saturated carbocycles. The molecule has 2 heterocycles. The fourth-order valence-corrected chi connectivity index (χ4v) is 4.55. The van der Waals surface area contributed by atoms with Crippen molar-refractivity contribution in [2.24, 2.45) is 0 Å². The van der Waals surface area contributed by atoms with Gasteiger partial charge in [-0.05, 0) is 49.3 Å². The Morgan fingerprint density at radius 1 is 1.10 bits per heavy atom. The van der Waals surface area contributed by atoms with Gasteiger partial charge in [-0.2, -0.15) is 0 Å².